The zero-order valence-electron chi connectivity index (χ0n) is 42.1. The van der Waals surface area contributed by atoms with E-state index in [1.807, 2.05) is 93.7 Å². The Labute approximate surface area is 379 Å². The minimum atomic E-state index is -2.27. The molecule has 3 aromatic heterocycles. The normalized spacial score (nSPS) is 15.3. The van der Waals surface area contributed by atoms with Gasteiger partial charge in [-0.15, -0.1) is 47.5 Å². The summed E-state index contributed by atoms with van der Waals surface area (Å²) in [7, 11) is 0. The molecule has 6 aromatic carbocycles. The predicted molar refractivity (Wildman–Crippen MR) is 245 cm³/mol. The first kappa shape index (κ1) is 31.9. The third-order valence-corrected chi connectivity index (χ3v) is 11.0. The van der Waals surface area contributed by atoms with Gasteiger partial charge in [-0.05, 0) is 92.2 Å². The number of pyridine rings is 2. The van der Waals surface area contributed by atoms with Gasteiger partial charge >= 0.3 is 0 Å². The monoisotopic (exact) mass is 965 g/mol. The van der Waals surface area contributed by atoms with Gasteiger partial charge in [-0.3, -0.25) is 0 Å². The van der Waals surface area contributed by atoms with Gasteiger partial charge in [-0.25, -0.2) is 0 Å². The van der Waals surface area contributed by atoms with Gasteiger partial charge in [-0.1, -0.05) is 161 Å². The van der Waals surface area contributed by atoms with E-state index in [-0.39, 0.29) is 36.6 Å². The number of aryl methyl sites for hydroxylation is 2. The molecule has 3 heterocycles. The molecule has 0 N–H and O–H groups in total. The molecule has 0 spiro atoms. The number of nitrogens with zero attached hydrogens (tertiary/aromatic N) is 2. The SMILES string of the molecule is [2H]C([2H])([2H])c1ccc(-c2[c-]cc(C([2H])([2H])[2H])c(-c3ccccc3)c2)nc1.[2H]C([2H])(c1ccc(-c2ccnc(-c3[c-]ccc4c3oc3ccc5c(c34)-c3ccccc3C5(C)C)c2)cc1)C(C)(C)C.[Ir]. The molecule has 1 aliphatic rings. The number of aromatic nitrogens is 2. The van der Waals surface area contributed by atoms with Crippen LogP contribution in [-0.4, -0.2) is 9.97 Å². The van der Waals surface area contributed by atoms with Crippen LogP contribution >= 0.6 is 0 Å². The number of rotatable bonds is 5. The van der Waals surface area contributed by atoms with Crippen LogP contribution in [0.2, 0.25) is 0 Å². The standard InChI is InChI=1S/C37H32NO.C19H16N.Ir/c1-36(2,3)22-23-13-15-24(16-14-23)25-19-20-38-31(21-25)27-10-8-11-28-34-32(39-35(27)28)18-17-30-33(34)26-9-6-7-12-29(26)37(30,4)5;1-14-8-11-19(20-13-14)17-10-9-15(2)18(12-17)16-6-4-3-5-7-16;/h6-9,11-21H,22H2,1-5H3;3-9,11-13H,1-2H3;/q2*-1;/i22D2;1D3,2D3;. The van der Waals surface area contributed by atoms with E-state index in [0.29, 0.717) is 22.4 Å². The molecular formula is C56H48IrN2O-2. The van der Waals surface area contributed by atoms with Gasteiger partial charge in [0.25, 0.3) is 0 Å². The summed E-state index contributed by atoms with van der Waals surface area (Å²) in [6.07, 6.45) is 1.70. The van der Waals surface area contributed by atoms with Crippen molar-refractivity contribution in [1.29, 1.82) is 0 Å². The number of furan rings is 1. The van der Waals surface area contributed by atoms with E-state index in [4.69, 9.17) is 20.4 Å². The molecule has 0 atom stereocenters. The van der Waals surface area contributed by atoms with E-state index in [9.17, 15) is 0 Å². The summed E-state index contributed by atoms with van der Waals surface area (Å²) in [5, 5.41) is 2.21. The summed E-state index contributed by atoms with van der Waals surface area (Å²) in [6.45, 7) is 5.90. The van der Waals surface area contributed by atoms with E-state index >= 15 is 0 Å². The van der Waals surface area contributed by atoms with E-state index in [0.717, 1.165) is 49.9 Å². The maximum absolute atomic E-state index is 8.61. The molecule has 60 heavy (non-hydrogen) atoms. The van der Waals surface area contributed by atoms with E-state index in [1.165, 1.54) is 40.6 Å². The quantitative estimate of drug-likeness (QED) is 0.161. The van der Waals surface area contributed by atoms with Crippen molar-refractivity contribution in [2.75, 3.05) is 0 Å². The second-order valence-corrected chi connectivity index (χ2v) is 16.6. The fourth-order valence-corrected chi connectivity index (χ4v) is 8.19. The molecule has 0 unspecified atom stereocenters. The number of benzene rings is 6. The average Bonchev–Trinajstić information content (AvgIpc) is 3.80. The zero-order chi connectivity index (χ0) is 47.7. The summed E-state index contributed by atoms with van der Waals surface area (Å²) < 4.78 is 69.3. The fraction of sp³-hybridized carbons (Fsp3) is 0.179. The molecule has 299 valence electrons. The van der Waals surface area contributed by atoms with Crippen LogP contribution in [0, 0.1) is 31.3 Å². The molecule has 0 bridgehead atoms. The molecule has 9 aromatic rings. The Morgan fingerprint density at radius 2 is 1.52 bits per heavy atom. The first-order valence-electron chi connectivity index (χ1n) is 23.8. The molecule has 0 aliphatic heterocycles. The average molecular weight is 965 g/mol. The maximum Gasteiger partial charge on any atom is 0.121 e. The number of hydrogen-bond acceptors (Lipinski definition) is 3. The molecule has 0 saturated heterocycles. The number of hydrogen-bond donors (Lipinski definition) is 0. The molecule has 0 fully saturated rings. The van der Waals surface area contributed by atoms with Crippen molar-refractivity contribution < 1.29 is 35.5 Å². The Balaban J connectivity index is 0.000000201. The molecule has 1 radical (unpaired) electrons. The van der Waals surface area contributed by atoms with Crippen LogP contribution < -0.4 is 0 Å². The van der Waals surface area contributed by atoms with Crippen molar-refractivity contribution in [1.82, 2.24) is 9.97 Å². The molecular weight excluding hydrogens is 909 g/mol. The zero-order valence-corrected chi connectivity index (χ0v) is 36.5. The van der Waals surface area contributed by atoms with Crippen molar-refractivity contribution in [3.05, 3.63) is 192 Å². The third kappa shape index (κ3) is 7.79. The second-order valence-electron chi connectivity index (χ2n) is 16.6. The van der Waals surface area contributed by atoms with Crippen LogP contribution in [0.3, 0.4) is 0 Å². The third-order valence-electron chi connectivity index (χ3n) is 11.0. The van der Waals surface area contributed by atoms with Gasteiger partial charge < -0.3 is 14.4 Å². The maximum atomic E-state index is 8.61. The minimum Gasteiger partial charge on any atom is -0.501 e. The summed E-state index contributed by atoms with van der Waals surface area (Å²) in [6, 6.07) is 50.8. The second kappa shape index (κ2) is 16.3. The van der Waals surface area contributed by atoms with Gasteiger partial charge in [0, 0.05) is 54.3 Å². The minimum absolute atomic E-state index is 0. The molecule has 1 aliphatic carbocycles. The van der Waals surface area contributed by atoms with Crippen molar-refractivity contribution in [2.24, 2.45) is 5.41 Å². The summed E-state index contributed by atoms with van der Waals surface area (Å²) in [5.41, 5.74) is 13.5. The Kier molecular flexibility index (Phi) is 8.65. The largest absolute Gasteiger partial charge is 0.501 e. The fourth-order valence-electron chi connectivity index (χ4n) is 8.19. The first-order chi connectivity index (χ1) is 31.6. The van der Waals surface area contributed by atoms with Gasteiger partial charge in [0.1, 0.15) is 5.58 Å². The van der Waals surface area contributed by atoms with Crippen LogP contribution in [0.15, 0.2) is 156 Å². The first-order valence-corrected chi connectivity index (χ1v) is 19.8. The van der Waals surface area contributed by atoms with Gasteiger partial charge in [0.15, 0.2) is 0 Å². The Bertz CT molecular complexity index is 3300. The molecule has 3 nitrogen and oxygen atoms in total. The van der Waals surface area contributed by atoms with Crippen LogP contribution in [0.1, 0.15) is 73.4 Å². The Hall–Kier alpha value is -5.93. The molecule has 4 heteroatoms. The van der Waals surface area contributed by atoms with E-state index in [2.05, 4.69) is 79.5 Å². The topological polar surface area (TPSA) is 38.9 Å². The van der Waals surface area contributed by atoms with Crippen LogP contribution in [-0.2, 0) is 31.9 Å². The Morgan fingerprint density at radius 1 is 0.717 bits per heavy atom. The predicted octanol–water partition coefficient (Wildman–Crippen LogP) is 14.8. The molecule has 0 saturated carbocycles. The Morgan fingerprint density at radius 3 is 2.27 bits per heavy atom. The molecule has 10 rings (SSSR count). The van der Waals surface area contributed by atoms with E-state index in [1.54, 1.807) is 12.1 Å². The summed E-state index contributed by atoms with van der Waals surface area (Å²) in [5.74, 6) is 0. The van der Waals surface area contributed by atoms with Crippen molar-refractivity contribution in [3.63, 3.8) is 0 Å². The van der Waals surface area contributed by atoms with E-state index < -0.39 is 25.5 Å². The summed E-state index contributed by atoms with van der Waals surface area (Å²) in [4.78, 5) is 8.93. The smallest absolute Gasteiger partial charge is 0.121 e. The van der Waals surface area contributed by atoms with Gasteiger partial charge in [-0.2, -0.15) is 0 Å². The van der Waals surface area contributed by atoms with Crippen LogP contribution in [0.25, 0.3) is 77.8 Å². The molecule has 0 amide bonds. The van der Waals surface area contributed by atoms with Crippen molar-refractivity contribution >= 4 is 21.9 Å². The van der Waals surface area contributed by atoms with Crippen LogP contribution in [0.5, 0.6) is 0 Å². The van der Waals surface area contributed by atoms with Gasteiger partial charge in [0.2, 0.25) is 0 Å². The van der Waals surface area contributed by atoms with Crippen molar-refractivity contribution in [2.45, 2.75) is 60.1 Å². The summed E-state index contributed by atoms with van der Waals surface area (Å²) >= 11 is 0. The van der Waals surface area contributed by atoms with Crippen molar-refractivity contribution in [3.8, 4) is 55.9 Å². The van der Waals surface area contributed by atoms with Gasteiger partial charge in [0.05, 0.1) is 5.58 Å². The van der Waals surface area contributed by atoms with Crippen LogP contribution in [0.4, 0.5) is 0 Å². The number of fused-ring (bicyclic) bond motifs is 7.